The second-order valence-corrected chi connectivity index (χ2v) is 7.67. The van der Waals surface area contributed by atoms with Crippen molar-refractivity contribution >= 4 is 45.0 Å². The van der Waals surface area contributed by atoms with Gasteiger partial charge < -0.3 is 9.84 Å². The van der Waals surface area contributed by atoms with E-state index in [0.29, 0.717) is 23.3 Å². The van der Waals surface area contributed by atoms with Crippen molar-refractivity contribution in [2.24, 2.45) is 0 Å². The van der Waals surface area contributed by atoms with Gasteiger partial charge in [-0.15, -0.1) is 22.7 Å². The minimum absolute atomic E-state index is 0.123. The van der Waals surface area contributed by atoms with Crippen LogP contribution in [0, 0.1) is 0 Å². The van der Waals surface area contributed by atoms with Gasteiger partial charge in [0.05, 0.1) is 10.6 Å². The Balaban J connectivity index is 1.32. The first-order chi connectivity index (χ1) is 12.3. The van der Waals surface area contributed by atoms with E-state index in [4.69, 9.17) is 4.52 Å². The molecule has 4 heterocycles. The highest BCUT2D eigenvalue weighted by atomic mass is 32.1. The lowest BCUT2D eigenvalue weighted by Crippen LogP contribution is -2.12. The molecule has 0 aromatic carbocycles. The number of rotatable bonds is 6. The minimum atomic E-state index is -0.123. The van der Waals surface area contributed by atoms with Gasteiger partial charge in [0.2, 0.25) is 17.6 Å². The van der Waals surface area contributed by atoms with E-state index >= 15 is 0 Å². The second kappa shape index (κ2) is 7.26. The largest absolute Gasteiger partial charge is 0.339 e. The van der Waals surface area contributed by atoms with Gasteiger partial charge in [-0.1, -0.05) is 11.2 Å². The number of nitrogens with one attached hydrogen (secondary N) is 1. The summed E-state index contributed by atoms with van der Waals surface area (Å²) in [7, 11) is 0. The van der Waals surface area contributed by atoms with E-state index in [-0.39, 0.29) is 12.3 Å². The van der Waals surface area contributed by atoms with E-state index in [1.165, 1.54) is 11.3 Å². The normalized spacial score (nSPS) is 10.9. The van der Waals surface area contributed by atoms with Crippen LogP contribution in [0.2, 0.25) is 0 Å². The van der Waals surface area contributed by atoms with Gasteiger partial charge in [-0.25, -0.2) is 4.98 Å². The quantitative estimate of drug-likeness (QED) is 0.524. The topological polar surface area (TPSA) is 80.9 Å². The summed E-state index contributed by atoms with van der Waals surface area (Å²) >= 11 is 4.61. The molecule has 25 heavy (non-hydrogen) atoms. The maximum atomic E-state index is 12.1. The third-order valence-electron chi connectivity index (χ3n) is 3.34. The summed E-state index contributed by atoms with van der Waals surface area (Å²) in [5, 5.41) is 15.2. The van der Waals surface area contributed by atoms with E-state index in [0.717, 1.165) is 16.1 Å². The van der Waals surface area contributed by atoms with Crippen molar-refractivity contribution in [1.29, 1.82) is 0 Å². The number of thiophene rings is 2. The smallest absolute Gasteiger partial charge is 0.227 e. The Morgan fingerprint density at radius 2 is 2.12 bits per heavy atom. The third-order valence-corrected chi connectivity index (χ3v) is 5.67. The van der Waals surface area contributed by atoms with E-state index in [1.54, 1.807) is 22.7 Å². The van der Waals surface area contributed by atoms with Crippen molar-refractivity contribution in [3.05, 3.63) is 45.6 Å². The predicted molar refractivity (Wildman–Crippen MR) is 100.0 cm³/mol. The lowest BCUT2D eigenvalue weighted by molar-refractivity contribution is -0.116. The number of carbonyl (C=O) groups excluding carboxylic acids is 1. The fourth-order valence-corrected chi connectivity index (χ4v) is 4.26. The fraction of sp³-hybridized carbons (Fsp3) is 0.125. The van der Waals surface area contributed by atoms with Gasteiger partial charge >= 0.3 is 0 Å². The molecule has 9 heteroatoms. The molecule has 4 aromatic heterocycles. The molecule has 0 fully saturated rings. The molecule has 0 aliphatic rings. The Labute approximate surface area is 155 Å². The number of hydrogen-bond acceptors (Lipinski definition) is 8. The van der Waals surface area contributed by atoms with Crippen LogP contribution in [-0.4, -0.2) is 21.0 Å². The molecule has 0 spiro atoms. The molecule has 0 atom stereocenters. The molecule has 0 saturated carbocycles. The number of amides is 1. The highest BCUT2D eigenvalue weighted by Gasteiger charge is 2.12. The van der Waals surface area contributed by atoms with Crippen LogP contribution in [0.25, 0.3) is 22.0 Å². The molecule has 126 valence electrons. The van der Waals surface area contributed by atoms with Gasteiger partial charge in [0.15, 0.2) is 5.13 Å². The maximum absolute atomic E-state index is 12.1. The SMILES string of the molecule is O=C(CCc1nc(-c2ccsc2)no1)Nc1nc(-c2cccs2)cs1. The summed E-state index contributed by atoms with van der Waals surface area (Å²) in [6.45, 7) is 0. The van der Waals surface area contributed by atoms with Crippen molar-refractivity contribution in [2.75, 3.05) is 5.32 Å². The first-order valence-electron chi connectivity index (χ1n) is 7.42. The molecule has 4 aromatic rings. The van der Waals surface area contributed by atoms with Gasteiger partial charge in [-0.05, 0) is 22.9 Å². The average molecular weight is 388 g/mol. The third kappa shape index (κ3) is 3.84. The monoisotopic (exact) mass is 388 g/mol. The molecular weight excluding hydrogens is 376 g/mol. The van der Waals surface area contributed by atoms with Gasteiger partial charge in [-0.3, -0.25) is 4.79 Å². The predicted octanol–water partition coefficient (Wildman–Crippen LogP) is 4.55. The van der Waals surface area contributed by atoms with Crippen molar-refractivity contribution in [3.63, 3.8) is 0 Å². The number of hydrogen-bond donors (Lipinski definition) is 1. The van der Waals surface area contributed by atoms with E-state index < -0.39 is 0 Å². The fourth-order valence-electron chi connectivity index (χ4n) is 2.14. The highest BCUT2D eigenvalue weighted by Crippen LogP contribution is 2.28. The van der Waals surface area contributed by atoms with Gasteiger partial charge in [0, 0.05) is 29.2 Å². The van der Waals surface area contributed by atoms with E-state index in [9.17, 15) is 4.79 Å². The van der Waals surface area contributed by atoms with Crippen LogP contribution in [0.5, 0.6) is 0 Å². The molecule has 0 aliphatic heterocycles. The van der Waals surface area contributed by atoms with Gasteiger partial charge in [0.25, 0.3) is 0 Å². The molecule has 4 rings (SSSR count). The number of anilines is 1. The Hall–Kier alpha value is -2.36. The summed E-state index contributed by atoms with van der Waals surface area (Å²) in [6.07, 6.45) is 0.658. The number of thiazole rings is 1. The highest BCUT2D eigenvalue weighted by molar-refractivity contribution is 7.16. The van der Waals surface area contributed by atoms with Crippen molar-refractivity contribution in [1.82, 2.24) is 15.1 Å². The van der Waals surface area contributed by atoms with Crippen LogP contribution in [-0.2, 0) is 11.2 Å². The average Bonchev–Trinajstić information content (AvgIpc) is 3.40. The maximum Gasteiger partial charge on any atom is 0.227 e. The second-order valence-electron chi connectivity index (χ2n) is 5.09. The molecular formula is C16H12N4O2S3. The van der Waals surface area contributed by atoms with Crippen LogP contribution in [0.4, 0.5) is 5.13 Å². The molecule has 1 N–H and O–H groups in total. The van der Waals surface area contributed by atoms with Crippen LogP contribution in [0.1, 0.15) is 12.3 Å². The molecule has 0 aliphatic carbocycles. The molecule has 6 nitrogen and oxygen atoms in total. The van der Waals surface area contributed by atoms with E-state index in [1.807, 2.05) is 39.7 Å². The number of carbonyl (C=O) groups is 1. The van der Waals surface area contributed by atoms with Crippen LogP contribution in [0.15, 0.2) is 44.2 Å². The van der Waals surface area contributed by atoms with Crippen molar-refractivity contribution < 1.29 is 9.32 Å². The summed E-state index contributed by atoms with van der Waals surface area (Å²) in [4.78, 5) is 21.9. The van der Waals surface area contributed by atoms with Crippen LogP contribution in [0.3, 0.4) is 0 Å². The Bertz CT molecular complexity index is 958. The summed E-state index contributed by atoms with van der Waals surface area (Å²) in [5.74, 6) is 0.884. The zero-order valence-corrected chi connectivity index (χ0v) is 15.3. The molecule has 0 unspecified atom stereocenters. The van der Waals surface area contributed by atoms with Gasteiger partial charge in [0.1, 0.15) is 0 Å². The molecule has 1 amide bonds. The Morgan fingerprint density at radius 3 is 2.92 bits per heavy atom. The summed E-state index contributed by atoms with van der Waals surface area (Å²) in [5.41, 5.74) is 1.81. The first kappa shape index (κ1) is 16.1. The van der Waals surface area contributed by atoms with Crippen molar-refractivity contribution in [2.45, 2.75) is 12.8 Å². The molecule has 0 bridgehead atoms. The van der Waals surface area contributed by atoms with Crippen molar-refractivity contribution in [3.8, 4) is 22.0 Å². The minimum Gasteiger partial charge on any atom is -0.339 e. The first-order valence-corrected chi connectivity index (χ1v) is 10.1. The summed E-state index contributed by atoms with van der Waals surface area (Å²) in [6, 6.07) is 5.91. The lowest BCUT2D eigenvalue weighted by Gasteiger charge is -1.99. The Kier molecular flexibility index (Phi) is 4.68. The van der Waals surface area contributed by atoms with Crippen LogP contribution < -0.4 is 5.32 Å². The van der Waals surface area contributed by atoms with Crippen LogP contribution >= 0.6 is 34.0 Å². The standard InChI is InChI=1S/C16H12N4O2S3/c21-13(18-16-17-11(9-25-16)12-2-1-6-24-12)3-4-14-19-15(20-22-14)10-5-7-23-8-10/h1-2,5-9H,3-4H2,(H,17,18,21). The molecule has 0 saturated heterocycles. The number of aryl methyl sites for hydroxylation is 1. The van der Waals surface area contributed by atoms with E-state index in [2.05, 4.69) is 20.4 Å². The number of nitrogens with zero attached hydrogens (tertiary/aromatic N) is 3. The zero-order valence-electron chi connectivity index (χ0n) is 12.8. The zero-order chi connectivity index (χ0) is 17.1. The Morgan fingerprint density at radius 1 is 1.16 bits per heavy atom. The van der Waals surface area contributed by atoms with Gasteiger partial charge in [-0.2, -0.15) is 16.3 Å². The summed E-state index contributed by atoms with van der Waals surface area (Å²) < 4.78 is 5.19. The number of aromatic nitrogens is 3. The lowest BCUT2D eigenvalue weighted by atomic mass is 10.3. The molecule has 0 radical (unpaired) electrons.